The summed E-state index contributed by atoms with van der Waals surface area (Å²) in [7, 11) is -3.50. The molecule has 1 aromatic heterocycles. The van der Waals surface area contributed by atoms with Crippen LogP contribution in [0, 0.1) is 0 Å². The smallest absolute Gasteiger partial charge is 0.207 e. The van der Waals surface area contributed by atoms with E-state index in [0.717, 1.165) is 17.5 Å². The Bertz CT molecular complexity index is 636. The fourth-order valence-electron chi connectivity index (χ4n) is 1.83. The zero-order chi connectivity index (χ0) is 14.6. The molecule has 2 aromatic rings. The molecule has 0 aliphatic rings. The topological polar surface area (TPSA) is 46.2 Å². The van der Waals surface area contributed by atoms with Crippen molar-refractivity contribution < 1.29 is 8.42 Å². The van der Waals surface area contributed by atoms with Gasteiger partial charge >= 0.3 is 0 Å². The van der Waals surface area contributed by atoms with Crippen LogP contribution in [-0.2, 0) is 16.4 Å². The van der Waals surface area contributed by atoms with Gasteiger partial charge in [-0.2, -0.15) is 11.3 Å². The maximum Gasteiger partial charge on any atom is 0.241 e. The van der Waals surface area contributed by atoms with E-state index < -0.39 is 10.0 Å². The van der Waals surface area contributed by atoms with Crippen LogP contribution in [0.3, 0.4) is 0 Å². The third-order valence-electron chi connectivity index (χ3n) is 2.99. The van der Waals surface area contributed by atoms with Gasteiger partial charge in [-0.3, -0.25) is 0 Å². The van der Waals surface area contributed by atoms with Gasteiger partial charge in [-0.15, -0.1) is 11.6 Å². The summed E-state index contributed by atoms with van der Waals surface area (Å²) in [5.41, 5.74) is 2.00. The number of hydrogen-bond acceptors (Lipinski definition) is 3. The van der Waals surface area contributed by atoms with Gasteiger partial charge in [0.2, 0.25) is 10.0 Å². The second kappa shape index (κ2) is 6.72. The molecular weight excluding hydrogens is 314 g/mol. The lowest BCUT2D eigenvalue weighted by atomic mass is 10.2. The summed E-state index contributed by atoms with van der Waals surface area (Å²) >= 11 is 7.21. The Labute approximate surface area is 128 Å². The lowest BCUT2D eigenvalue weighted by Gasteiger charge is -2.13. The van der Waals surface area contributed by atoms with Crippen molar-refractivity contribution in [1.82, 2.24) is 4.72 Å². The number of hydrogen-bond donors (Lipinski definition) is 1. The first-order valence-electron chi connectivity index (χ1n) is 6.22. The Morgan fingerprint density at radius 3 is 2.50 bits per heavy atom. The van der Waals surface area contributed by atoms with Crippen molar-refractivity contribution >= 4 is 33.0 Å². The third-order valence-corrected chi connectivity index (χ3v) is 5.44. The van der Waals surface area contributed by atoms with Crippen LogP contribution in [0.25, 0.3) is 0 Å². The average molecular weight is 330 g/mol. The van der Waals surface area contributed by atoms with E-state index in [-0.39, 0.29) is 10.9 Å². The number of aryl methyl sites for hydroxylation is 1. The minimum absolute atomic E-state index is 0.242. The second-order valence-electron chi connectivity index (χ2n) is 4.48. The van der Waals surface area contributed by atoms with Gasteiger partial charge in [-0.1, -0.05) is 12.1 Å². The van der Waals surface area contributed by atoms with Gasteiger partial charge in [0, 0.05) is 11.9 Å². The summed E-state index contributed by atoms with van der Waals surface area (Å²) < 4.78 is 27.2. The standard InChI is InChI=1S/C14H16ClNO2S2/c1-11(13-7-9-19-10-13)16-20(17,18)14-4-2-12(3-5-14)6-8-15/h2-5,7,9-11,16H,6,8H2,1H3. The van der Waals surface area contributed by atoms with Crippen LogP contribution in [0.15, 0.2) is 46.0 Å². The predicted molar refractivity (Wildman–Crippen MR) is 83.9 cm³/mol. The maximum atomic E-state index is 12.3. The quantitative estimate of drug-likeness (QED) is 0.823. The van der Waals surface area contributed by atoms with Gasteiger partial charge in [0.05, 0.1) is 4.90 Å². The first-order chi connectivity index (χ1) is 9.53. The highest BCUT2D eigenvalue weighted by Crippen LogP contribution is 2.19. The van der Waals surface area contributed by atoms with E-state index in [1.54, 1.807) is 35.6 Å². The summed E-state index contributed by atoms with van der Waals surface area (Å²) in [6, 6.07) is 8.50. The number of rotatable bonds is 6. The SMILES string of the molecule is CC(NS(=O)(=O)c1ccc(CCCl)cc1)c1ccsc1. The number of benzene rings is 1. The largest absolute Gasteiger partial charge is 0.241 e. The molecule has 108 valence electrons. The van der Waals surface area contributed by atoms with Gasteiger partial charge in [0.15, 0.2) is 0 Å². The molecule has 0 fully saturated rings. The number of thiophene rings is 1. The molecule has 0 bridgehead atoms. The highest BCUT2D eigenvalue weighted by Gasteiger charge is 2.18. The summed E-state index contributed by atoms with van der Waals surface area (Å²) in [5.74, 6) is 0.527. The highest BCUT2D eigenvalue weighted by atomic mass is 35.5. The molecule has 0 aliphatic heterocycles. The van der Waals surface area contributed by atoms with Crippen molar-refractivity contribution in [1.29, 1.82) is 0 Å². The van der Waals surface area contributed by atoms with Gasteiger partial charge in [-0.25, -0.2) is 13.1 Å². The van der Waals surface area contributed by atoms with Crippen LogP contribution in [0.5, 0.6) is 0 Å². The fraction of sp³-hybridized carbons (Fsp3) is 0.286. The van der Waals surface area contributed by atoms with E-state index in [0.29, 0.717) is 5.88 Å². The first kappa shape index (κ1) is 15.5. The lowest BCUT2D eigenvalue weighted by Crippen LogP contribution is -2.26. The van der Waals surface area contributed by atoms with Crippen molar-refractivity contribution in [3.63, 3.8) is 0 Å². The molecule has 1 unspecified atom stereocenters. The average Bonchev–Trinajstić information content (AvgIpc) is 2.93. The molecule has 20 heavy (non-hydrogen) atoms. The van der Waals surface area contributed by atoms with Crippen molar-refractivity contribution in [3.8, 4) is 0 Å². The highest BCUT2D eigenvalue weighted by molar-refractivity contribution is 7.89. The number of sulfonamides is 1. The van der Waals surface area contributed by atoms with Crippen LogP contribution < -0.4 is 4.72 Å². The predicted octanol–water partition coefficient (Wildman–Crippen LogP) is 3.57. The number of alkyl halides is 1. The molecule has 0 radical (unpaired) electrons. The Hall–Kier alpha value is -0.880. The zero-order valence-electron chi connectivity index (χ0n) is 11.0. The molecule has 0 spiro atoms. The summed E-state index contributed by atoms with van der Waals surface area (Å²) in [6.45, 7) is 1.83. The van der Waals surface area contributed by atoms with Gasteiger partial charge in [-0.05, 0) is 53.4 Å². The van der Waals surface area contributed by atoms with E-state index in [2.05, 4.69) is 4.72 Å². The fourth-order valence-corrected chi connectivity index (χ4v) is 4.04. The summed E-state index contributed by atoms with van der Waals surface area (Å²) in [5, 5.41) is 3.87. The minimum atomic E-state index is -3.50. The molecule has 1 N–H and O–H groups in total. The number of halogens is 1. The Morgan fingerprint density at radius 1 is 1.25 bits per heavy atom. The van der Waals surface area contributed by atoms with Crippen molar-refractivity contribution in [2.45, 2.75) is 24.3 Å². The summed E-state index contributed by atoms with van der Waals surface area (Å²) in [6.07, 6.45) is 0.737. The molecule has 0 saturated carbocycles. The van der Waals surface area contributed by atoms with Crippen LogP contribution in [-0.4, -0.2) is 14.3 Å². The molecule has 0 amide bonds. The van der Waals surface area contributed by atoms with Gasteiger partial charge < -0.3 is 0 Å². The van der Waals surface area contributed by atoms with E-state index in [4.69, 9.17) is 11.6 Å². The van der Waals surface area contributed by atoms with Gasteiger partial charge in [0.1, 0.15) is 0 Å². The Morgan fingerprint density at radius 2 is 1.95 bits per heavy atom. The van der Waals surface area contributed by atoms with Crippen LogP contribution in [0.1, 0.15) is 24.1 Å². The summed E-state index contributed by atoms with van der Waals surface area (Å²) in [4.78, 5) is 0.276. The Kier molecular flexibility index (Phi) is 5.21. The molecule has 6 heteroatoms. The molecule has 2 rings (SSSR count). The first-order valence-corrected chi connectivity index (χ1v) is 9.18. The van der Waals surface area contributed by atoms with E-state index >= 15 is 0 Å². The molecule has 1 heterocycles. The van der Waals surface area contributed by atoms with E-state index in [1.165, 1.54) is 0 Å². The van der Waals surface area contributed by atoms with E-state index in [1.807, 2.05) is 23.8 Å². The normalized spacial score (nSPS) is 13.3. The van der Waals surface area contributed by atoms with E-state index in [9.17, 15) is 8.42 Å². The van der Waals surface area contributed by atoms with Crippen LogP contribution in [0.2, 0.25) is 0 Å². The monoisotopic (exact) mass is 329 g/mol. The second-order valence-corrected chi connectivity index (χ2v) is 7.35. The van der Waals surface area contributed by atoms with Crippen LogP contribution in [0.4, 0.5) is 0 Å². The molecule has 3 nitrogen and oxygen atoms in total. The molecule has 1 atom stereocenters. The number of nitrogens with one attached hydrogen (secondary N) is 1. The molecule has 0 saturated heterocycles. The van der Waals surface area contributed by atoms with Crippen molar-refractivity contribution in [2.75, 3.05) is 5.88 Å². The molecular formula is C14H16ClNO2S2. The van der Waals surface area contributed by atoms with Crippen LogP contribution >= 0.6 is 22.9 Å². The van der Waals surface area contributed by atoms with Crippen molar-refractivity contribution in [3.05, 3.63) is 52.2 Å². The minimum Gasteiger partial charge on any atom is -0.207 e. The Balaban J connectivity index is 2.13. The molecule has 1 aromatic carbocycles. The maximum absolute atomic E-state index is 12.3. The third kappa shape index (κ3) is 3.82. The lowest BCUT2D eigenvalue weighted by molar-refractivity contribution is 0.567. The van der Waals surface area contributed by atoms with Gasteiger partial charge in [0.25, 0.3) is 0 Å². The zero-order valence-corrected chi connectivity index (χ0v) is 13.4. The molecule has 0 aliphatic carbocycles. The van der Waals surface area contributed by atoms with Crippen molar-refractivity contribution in [2.24, 2.45) is 0 Å².